The monoisotopic (exact) mass is 239 g/mol. The van der Waals surface area contributed by atoms with Crippen LogP contribution in [-0.2, 0) is 0 Å². The molecule has 1 heterocycles. The van der Waals surface area contributed by atoms with E-state index in [0.29, 0.717) is 11.9 Å². The van der Waals surface area contributed by atoms with E-state index in [2.05, 4.69) is 41.3 Å². The molecule has 92 valence electrons. The van der Waals surface area contributed by atoms with Gasteiger partial charge in [-0.25, -0.2) is 9.97 Å². The maximum Gasteiger partial charge on any atom is 0.227 e. The van der Waals surface area contributed by atoms with Gasteiger partial charge in [-0.1, -0.05) is 12.1 Å². The molecule has 1 aliphatic rings. The Bertz CT molecular complexity index is 574. The number of rotatable bonds is 3. The maximum absolute atomic E-state index is 4.54. The second-order valence-corrected chi connectivity index (χ2v) is 5.00. The highest BCUT2D eigenvalue weighted by Gasteiger charge is 2.26. The quantitative estimate of drug-likeness (QED) is 0.887. The molecule has 1 aromatic carbocycles. The average molecular weight is 239 g/mol. The van der Waals surface area contributed by atoms with Gasteiger partial charge in [0.25, 0.3) is 0 Å². The van der Waals surface area contributed by atoms with Gasteiger partial charge in [0.1, 0.15) is 0 Å². The predicted octanol–water partition coefficient (Wildman–Crippen LogP) is 3.71. The highest BCUT2D eigenvalue weighted by atomic mass is 15.1. The van der Waals surface area contributed by atoms with Crippen LogP contribution >= 0.6 is 0 Å². The molecule has 3 nitrogen and oxygen atoms in total. The number of anilines is 2. The molecule has 1 aromatic heterocycles. The summed E-state index contributed by atoms with van der Waals surface area (Å²) in [4.78, 5) is 8.94. The van der Waals surface area contributed by atoms with Crippen LogP contribution in [0.25, 0.3) is 0 Å². The first kappa shape index (κ1) is 11.2. The molecule has 2 aromatic rings. The van der Waals surface area contributed by atoms with Crippen molar-refractivity contribution in [3.8, 4) is 0 Å². The van der Waals surface area contributed by atoms with Gasteiger partial charge in [0.2, 0.25) is 5.95 Å². The van der Waals surface area contributed by atoms with E-state index in [1.807, 2.05) is 18.3 Å². The third-order valence-electron chi connectivity index (χ3n) is 3.31. The fraction of sp³-hybridized carbons (Fsp3) is 0.333. The van der Waals surface area contributed by atoms with Crippen molar-refractivity contribution in [1.82, 2.24) is 9.97 Å². The van der Waals surface area contributed by atoms with Crippen LogP contribution in [0.2, 0.25) is 0 Å². The molecule has 0 atom stereocenters. The molecule has 0 saturated heterocycles. The Morgan fingerprint density at radius 1 is 1.22 bits per heavy atom. The zero-order valence-electron chi connectivity index (χ0n) is 10.8. The van der Waals surface area contributed by atoms with E-state index in [4.69, 9.17) is 0 Å². The Hall–Kier alpha value is -1.90. The number of nitrogens with one attached hydrogen (secondary N) is 1. The summed E-state index contributed by atoms with van der Waals surface area (Å²) in [5.41, 5.74) is 4.67. The van der Waals surface area contributed by atoms with E-state index in [1.165, 1.54) is 24.0 Å². The fourth-order valence-electron chi connectivity index (χ4n) is 2.18. The van der Waals surface area contributed by atoms with E-state index in [0.717, 1.165) is 11.4 Å². The minimum absolute atomic E-state index is 0.683. The molecule has 3 heteroatoms. The largest absolute Gasteiger partial charge is 0.324 e. The van der Waals surface area contributed by atoms with Crippen LogP contribution in [-0.4, -0.2) is 9.97 Å². The highest BCUT2D eigenvalue weighted by molar-refractivity contribution is 5.54. The van der Waals surface area contributed by atoms with E-state index in [1.54, 1.807) is 0 Å². The molecule has 0 aliphatic heterocycles. The molecule has 3 rings (SSSR count). The maximum atomic E-state index is 4.54. The normalized spacial score (nSPS) is 14.6. The molecule has 0 radical (unpaired) electrons. The highest BCUT2D eigenvalue weighted by Crippen LogP contribution is 2.40. The van der Waals surface area contributed by atoms with Gasteiger partial charge in [-0.05, 0) is 55.9 Å². The first-order valence-corrected chi connectivity index (χ1v) is 6.39. The van der Waals surface area contributed by atoms with Gasteiger partial charge in [0, 0.05) is 17.6 Å². The van der Waals surface area contributed by atoms with Gasteiger partial charge in [-0.2, -0.15) is 0 Å². The standard InChI is InChI=1S/C15H17N3/c1-10-4-3-5-13(8-10)18-15-16-9-14(11(2)17-15)12-6-7-12/h3-5,8-9,12H,6-7H2,1-2H3,(H,16,17,18). The van der Waals surface area contributed by atoms with Gasteiger partial charge >= 0.3 is 0 Å². The smallest absolute Gasteiger partial charge is 0.227 e. The van der Waals surface area contributed by atoms with Crippen molar-refractivity contribution in [2.24, 2.45) is 0 Å². The minimum Gasteiger partial charge on any atom is -0.324 e. The molecule has 1 saturated carbocycles. The second-order valence-electron chi connectivity index (χ2n) is 5.00. The van der Waals surface area contributed by atoms with Crippen LogP contribution < -0.4 is 5.32 Å². The average Bonchev–Trinajstić information content (AvgIpc) is 3.13. The molecule has 1 N–H and O–H groups in total. The zero-order valence-corrected chi connectivity index (χ0v) is 10.8. The number of benzene rings is 1. The Morgan fingerprint density at radius 3 is 2.72 bits per heavy atom. The van der Waals surface area contributed by atoms with Gasteiger partial charge in [-0.3, -0.25) is 0 Å². The van der Waals surface area contributed by atoms with Crippen LogP contribution in [0.4, 0.5) is 11.6 Å². The van der Waals surface area contributed by atoms with Crippen LogP contribution in [0.1, 0.15) is 35.6 Å². The summed E-state index contributed by atoms with van der Waals surface area (Å²) < 4.78 is 0. The zero-order chi connectivity index (χ0) is 12.5. The van der Waals surface area contributed by atoms with Crippen LogP contribution in [0, 0.1) is 13.8 Å². The van der Waals surface area contributed by atoms with Gasteiger partial charge in [0.15, 0.2) is 0 Å². The van der Waals surface area contributed by atoms with Crippen molar-refractivity contribution in [1.29, 1.82) is 0 Å². The summed E-state index contributed by atoms with van der Waals surface area (Å²) in [6.07, 6.45) is 4.54. The summed E-state index contributed by atoms with van der Waals surface area (Å²) in [6.45, 7) is 4.14. The molecular weight excluding hydrogens is 222 g/mol. The van der Waals surface area contributed by atoms with E-state index >= 15 is 0 Å². The van der Waals surface area contributed by atoms with Crippen molar-refractivity contribution < 1.29 is 0 Å². The first-order chi connectivity index (χ1) is 8.72. The number of hydrogen-bond acceptors (Lipinski definition) is 3. The van der Waals surface area contributed by atoms with E-state index < -0.39 is 0 Å². The molecule has 1 fully saturated rings. The van der Waals surface area contributed by atoms with Crippen molar-refractivity contribution in [2.75, 3.05) is 5.32 Å². The van der Waals surface area contributed by atoms with E-state index in [9.17, 15) is 0 Å². The summed E-state index contributed by atoms with van der Waals surface area (Å²) in [7, 11) is 0. The topological polar surface area (TPSA) is 37.8 Å². The molecule has 0 spiro atoms. The van der Waals surface area contributed by atoms with Crippen molar-refractivity contribution >= 4 is 11.6 Å². The molecular formula is C15H17N3. The number of aromatic nitrogens is 2. The van der Waals surface area contributed by atoms with Crippen molar-refractivity contribution in [3.05, 3.63) is 47.3 Å². The van der Waals surface area contributed by atoms with Gasteiger partial charge in [0.05, 0.1) is 0 Å². The molecule has 0 bridgehead atoms. The third-order valence-corrected chi connectivity index (χ3v) is 3.31. The van der Waals surface area contributed by atoms with Gasteiger partial charge < -0.3 is 5.32 Å². The lowest BCUT2D eigenvalue weighted by molar-refractivity contribution is 0.992. The Kier molecular flexibility index (Phi) is 2.74. The second kappa shape index (κ2) is 4.41. The lowest BCUT2D eigenvalue weighted by atomic mass is 10.1. The lowest BCUT2D eigenvalue weighted by Gasteiger charge is -2.08. The number of nitrogens with zero attached hydrogens (tertiary/aromatic N) is 2. The number of hydrogen-bond donors (Lipinski definition) is 1. The molecule has 0 unspecified atom stereocenters. The van der Waals surface area contributed by atoms with Crippen LogP contribution in [0.15, 0.2) is 30.5 Å². The Labute approximate surface area is 107 Å². The van der Waals surface area contributed by atoms with Crippen LogP contribution in [0.3, 0.4) is 0 Å². The minimum atomic E-state index is 0.683. The first-order valence-electron chi connectivity index (χ1n) is 6.39. The summed E-state index contributed by atoms with van der Waals surface area (Å²) in [6, 6.07) is 8.23. The molecule has 18 heavy (non-hydrogen) atoms. The summed E-state index contributed by atoms with van der Waals surface area (Å²) in [5.74, 6) is 1.39. The lowest BCUT2D eigenvalue weighted by Crippen LogP contribution is -2.01. The van der Waals surface area contributed by atoms with E-state index in [-0.39, 0.29) is 0 Å². The summed E-state index contributed by atoms with van der Waals surface area (Å²) >= 11 is 0. The molecule has 1 aliphatic carbocycles. The summed E-state index contributed by atoms with van der Waals surface area (Å²) in [5, 5.41) is 3.25. The number of aryl methyl sites for hydroxylation is 2. The van der Waals surface area contributed by atoms with Crippen LogP contribution in [0.5, 0.6) is 0 Å². The van der Waals surface area contributed by atoms with Crippen molar-refractivity contribution in [3.63, 3.8) is 0 Å². The Morgan fingerprint density at radius 2 is 2.06 bits per heavy atom. The third kappa shape index (κ3) is 2.35. The predicted molar refractivity (Wildman–Crippen MR) is 73.2 cm³/mol. The Balaban J connectivity index is 1.82. The van der Waals surface area contributed by atoms with Gasteiger partial charge in [-0.15, -0.1) is 0 Å². The SMILES string of the molecule is Cc1cccc(Nc2ncc(C3CC3)c(C)n2)c1. The fourth-order valence-corrected chi connectivity index (χ4v) is 2.18. The molecule has 0 amide bonds. The van der Waals surface area contributed by atoms with Crippen molar-refractivity contribution in [2.45, 2.75) is 32.6 Å².